The average Bonchev–Trinajstić information content (AvgIpc) is 2.68. The van der Waals surface area contributed by atoms with Crippen LogP contribution in [0.2, 0.25) is 0 Å². The van der Waals surface area contributed by atoms with E-state index in [1.165, 1.54) is 5.56 Å². The zero-order valence-corrected chi connectivity index (χ0v) is 8.45. The highest BCUT2D eigenvalue weighted by Crippen LogP contribution is 2.18. The second-order valence-corrected chi connectivity index (χ2v) is 3.52. The number of aromatic amines is 1. The van der Waals surface area contributed by atoms with Crippen molar-refractivity contribution in [1.82, 2.24) is 4.98 Å². The standard InChI is InChI=1S/C12H12N2O/c1-8-2-4-9(5-3-8)10-6-7-11(14-10)12(13)15/h2-7,14H,1H3,(H2,13,15). The lowest BCUT2D eigenvalue weighted by molar-refractivity contribution is 0.0996. The minimum atomic E-state index is -0.437. The summed E-state index contributed by atoms with van der Waals surface area (Å²) in [6.07, 6.45) is 0. The fraction of sp³-hybridized carbons (Fsp3) is 0.0833. The first-order chi connectivity index (χ1) is 7.16. The number of benzene rings is 1. The molecule has 0 radical (unpaired) electrons. The molecule has 0 aliphatic rings. The van der Waals surface area contributed by atoms with Gasteiger partial charge >= 0.3 is 0 Å². The summed E-state index contributed by atoms with van der Waals surface area (Å²) < 4.78 is 0. The molecule has 1 amide bonds. The number of hydrogen-bond donors (Lipinski definition) is 2. The number of carbonyl (C=O) groups is 1. The molecule has 0 unspecified atom stereocenters. The van der Waals surface area contributed by atoms with Gasteiger partial charge in [0.05, 0.1) is 0 Å². The van der Waals surface area contributed by atoms with Crippen LogP contribution in [0.4, 0.5) is 0 Å². The first kappa shape index (κ1) is 9.52. The number of amides is 1. The summed E-state index contributed by atoms with van der Waals surface area (Å²) in [6, 6.07) is 11.6. The van der Waals surface area contributed by atoms with Crippen molar-refractivity contribution in [2.45, 2.75) is 6.92 Å². The van der Waals surface area contributed by atoms with E-state index in [9.17, 15) is 4.79 Å². The van der Waals surface area contributed by atoms with Crippen LogP contribution in [0, 0.1) is 6.92 Å². The number of hydrogen-bond acceptors (Lipinski definition) is 1. The number of aromatic nitrogens is 1. The lowest BCUT2D eigenvalue weighted by Crippen LogP contribution is -2.10. The molecule has 0 fully saturated rings. The van der Waals surface area contributed by atoms with Crippen LogP contribution < -0.4 is 5.73 Å². The van der Waals surface area contributed by atoms with Gasteiger partial charge in [-0.1, -0.05) is 29.8 Å². The molecule has 0 aliphatic carbocycles. The van der Waals surface area contributed by atoms with Gasteiger partial charge in [-0.25, -0.2) is 0 Å². The minimum Gasteiger partial charge on any atom is -0.364 e. The summed E-state index contributed by atoms with van der Waals surface area (Å²) in [5.74, 6) is -0.437. The monoisotopic (exact) mass is 200 g/mol. The van der Waals surface area contributed by atoms with Crippen LogP contribution in [0.25, 0.3) is 11.3 Å². The smallest absolute Gasteiger partial charge is 0.265 e. The van der Waals surface area contributed by atoms with Gasteiger partial charge < -0.3 is 10.7 Å². The number of carbonyl (C=O) groups excluding carboxylic acids is 1. The molecular weight excluding hydrogens is 188 g/mol. The zero-order chi connectivity index (χ0) is 10.8. The van der Waals surface area contributed by atoms with Gasteiger partial charge in [-0.2, -0.15) is 0 Å². The van der Waals surface area contributed by atoms with Gasteiger partial charge in [-0.3, -0.25) is 4.79 Å². The molecule has 3 nitrogen and oxygen atoms in total. The van der Waals surface area contributed by atoms with Crippen molar-refractivity contribution in [1.29, 1.82) is 0 Å². The molecule has 76 valence electrons. The minimum absolute atomic E-state index is 0.436. The zero-order valence-electron chi connectivity index (χ0n) is 8.45. The number of aryl methyl sites for hydroxylation is 1. The van der Waals surface area contributed by atoms with Crippen LogP contribution in [0.15, 0.2) is 36.4 Å². The third-order valence-corrected chi connectivity index (χ3v) is 2.31. The van der Waals surface area contributed by atoms with Crippen LogP contribution >= 0.6 is 0 Å². The van der Waals surface area contributed by atoms with Crippen LogP contribution in [0.1, 0.15) is 16.1 Å². The highest BCUT2D eigenvalue weighted by Gasteiger charge is 2.04. The maximum Gasteiger partial charge on any atom is 0.265 e. The Kier molecular flexibility index (Phi) is 2.29. The number of primary amides is 1. The van der Waals surface area contributed by atoms with Crippen LogP contribution in [0.3, 0.4) is 0 Å². The molecule has 0 bridgehead atoms. The highest BCUT2D eigenvalue weighted by molar-refractivity contribution is 5.91. The van der Waals surface area contributed by atoms with E-state index in [0.717, 1.165) is 11.3 Å². The lowest BCUT2D eigenvalue weighted by Gasteiger charge is -1.98. The maximum atomic E-state index is 10.9. The predicted octanol–water partition coefficient (Wildman–Crippen LogP) is 2.09. The maximum absolute atomic E-state index is 10.9. The van der Waals surface area contributed by atoms with Gasteiger partial charge in [0.2, 0.25) is 0 Å². The van der Waals surface area contributed by atoms with E-state index < -0.39 is 5.91 Å². The molecule has 1 heterocycles. The largest absolute Gasteiger partial charge is 0.364 e. The Morgan fingerprint density at radius 1 is 1.13 bits per heavy atom. The molecule has 0 saturated heterocycles. The van der Waals surface area contributed by atoms with Crippen LogP contribution in [-0.4, -0.2) is 10.9 Å². The summed E-state index contributed by atoms with van der Waals surface area (Å²) in [7, 11) is 0. The summed E-state index contributed by atoms with van der Waals surface area (Å²) in [5.41, 5.74) is 8.76. The molecule has 2 aromatic rings. The molecule has 0 saturated carbocycles. The Labute approximate surface area is 87.9 Å². The van der Waals surface area contributed by atoms with E-state index in [2.05, 4.69) is 4.98 Å². The second kappa shape index (κ2) is 3.61. The summed E-state index contributed by atoms with van der Waals surface area (Å²) in [6.45, 7) is 2.04. The Balaban J connectivity index is 2.37. The Hall–Kier alpha value is -2.03. The van der Waals surface area contributed by atoms with E-state index in [-0.39, 0.29) is 0 Å². The SMILES string of the molecule is Cc1ccc(-c2ccc(C(N)=O)[nH]2)cc1. The highest BCUT2D eigenvalue weighted by atomic mass is 16.1. The van der Waals surface area contributed by atoms with Crippen LogP contribution in [0.5, 0.6) is 0 Å². The third-order valence-electron chi connectivity index (χ3n) is 2.31. The fourth-order valence-corrected chi connectivity index (χ4v) is 1.44. The number of rotatable bonds is 2. The van der Waals surface area contributed by atoms with Crippen molar-refractivity contribution in [3.63, 3.8) is 0 Å². The molecule has 15 heavy (non-hydrogen) atoms. The van der Waals surface area contributed by atoms with E-state index in [4.69, 9.17) is 5.73 Å². The lowest BCUT2D eigenvalue weighted by atomic mass is 10.1. The van der Waals surface area contributed by atoms with Gasteiger partial charge in [0.25, 0.3) is 5.91 Å². The van der Waals surface area contributed by atoms with E-state index in [0.29, 0.717) is 5.69 Å². The third kappa shape index (κ3) is 1.91. The summed E-state index contributed by atoms with van der Waals surface area (Å²) in [4.78, 5) is 13.9. The first-order valence-corrected chi connectivity index (χ1v) is 4.72. The van der Waals surface area contributed by atoms with Gasteiger partial charge in [-0.15, -0.1) is 0 Å². The van der Waals surface area contributed by atoms with Crippen molar-refractivity contribution in [2.24, 2.45) is 5.73 Å². The Bertz CT molecular complexity index is 483. The molecular formula is C12H12N2O. The Morgan fingerprint density at radius 3 is 2.33 bits per heavy atom. The van der Waals surface area contributed by atoms with Gasteiger partial charge in [-0.05, 0) is 24.6 Å². The number of nitrogens with two attached hydrogens (primary N) is 1. The van der Waals surface area contributed by atoms with Crippen molar-refractivity contribution < 1.29 is 4.79 Å². The summed E-state index contributed by atoms with van der Waals surface area (Å²) in [5, 5.41) is 0. The van der Waals surface area contributed by atoms with Crippen molar-refractivity contribution >= 4 is 5.91 Å². The summed E-state index contributed by atoms with van der Waals surface area (Å²) >= 11 is 0. The molecule has 1 aromatic carbocycles. The Morgan fingerprint density at radius 2 is 1.80 bits per heavy atom. The first-order valence-electron chi connectivity index (χ1n) is 4.72. The van der Waals surface area contributed by atoms with Crippen molar-refractivity contribution in [3.8, 4) is 11.3 Å². The van der Waals surface area contributed by atoms with Crippen LogP contribution in [-0.2, 0) is 0 Å². The van der Waals surface area contributed by atoms with Crippen molar-refractivity contribution in [3.05, 3.63) is 47.7 Å². The van der Waals surface area contributed by atoms with Gasteiger partial charge in [0.1, 0.15) is 5.69 Å². The molecule has 0 spiro atoms. The molecule has 3 N–H and O–H groups in total. The second-order valence-electron chi connectivity index (χ2n) is 3.52. The van der Waals surface area contributed by atoms with Gasteiger partial charge in [0, 0.05) is 5.69 Å². The molecule has 2 rings (SSSR count). The topological polar surface area (TPSA) is 58.9 Å². The molecule has 0 atom stereocenters. The van der Waals surface area contributed by atoms with E-state index in [1.807, 2.05) is 37.3 Å². The molecule has 0 aliphatic heterocycles. The quantitative estimate of drug-likeness (QED) is 0.766. The average molecular weight is 200 g/mol. The molecule has 1 aromatic heterocycles. The number of nitrogens with one attached hydrogen (secondary N) is 1. The fourth-order valence-electron chi connectivity index (χ4n) is 1.44. The normalized spacial score (nSPS) is 10.2. The number of H-pyrrole nitrogens is 1. The van der Waals surface area contributed by atoms with E-state index >= 15 is 0 Å². The molecule has 3 heteroatoms. The predicted molar refractivity (Wildman–Crippen MR) is 59.5 cm³/mol. The van der Waals surface area contributed by atoms with Crippen molar-refractivity contribution in [2.75, 3.05) is 0 Å². The van der Waals surface area contributed by atoms with E-state index in [1.54, 1.807) is 6.07 Å². The van der Waals surface area contributed by atoms with Gasteiger partial charge in [0.15, 0.2) is 0 Å².